The van der Waals surface area contributed by atoms with Gasteiger partial charge in [-0.25, -0.2) is 4.98 Å². The van der Waals surface area contributed by atoms with Crippen LogP contribution in [0, 0.1) is 6.92 Å². The van der Waals surface area contributed by atoms with Gasteiger partial charge in [0.05, 0.1) is 16.8 Å². The van der Waals surface area contributed by atoms with Gasteiger partial charge in [-0.2, -0.15) is 0 Å². The molecule has 0 amide bonds. The molecule has 2 aromatic carbocycles. The van der Waals surface area contributed by atoms with E-state index in [1.165, 1.54) is 15.8 Å². The molecule has 0 saturated carbocycles. The average Bonchev–Trinajstić information content (AvgIpc) is 2.89. The van der Waals surface area contributed by atoms with Crippen molar-refractivity contribution in [3.8, 4) is 5.75 Å². The molecule has 0 N–H and O–H groups in total. The minimum Gasteiger partial charge on any atom is -0.494 e. The summed E-state index contributed by atoms with van der Waals surface area (Å²) in [6, 6.07) is 14.6. The first-order valence-corrected chi connectivity index (χ1v) is 8.77. The molecule has 4 heteroatoms. The molecule has 2 nitrogen and oxygen atoms in total. The first-order valence-electron chi connectivity index (χ1n) is 6.97. The van der Waals surface area contributed by atoms with Crippen LogP contribution in [0.1, 0.15) is 18.1 Å². The Morgan fingerprint density at radius 3 is 2.86 bits per heavy atom. The average molecular weight is 315 g/mol. The highest BCUT2D eigenvalue weighted by Gasteiger charge is 2.07. The van der Waals surface area contributed by atoms with Gasteiger partial charge in [-0.3, -0.25) is 0 Å². The lowest BCUT2D eigenvalue weighted by Crippen LogP contribution is -1.90. The summed E-state index contributed by atoms with van der Waals surface area (Å²) in [6.07, 6.45) is 0. The van der Waals surface area contributed by atoms with Gasteiger partial charge in [0.15, 0.2) is 4.34 Å². The largest absolute Gasteiger partial charge is 0.494 e. The molecule has 108 valence electrons. The van der Waals surface area contributed by atoms with Crippen LogP contribution in [0.25, 0.3) is 10.2 Å². The fraction of sp³-hybridized carbons (Fsp3) is 0.235. The SMILES string of the molecule is CCOc1ccc2sc(SCc3ccccc3C)nc2c1. The summed E-state index contributed by atoms with van der Waals surface area (Å²) in [5.41, 5.74) is 3.74. The van der Waals surface area contributed by atoms with E-state index in [1.807, 2.05) is 19.1 Å². The number of rotatable bonds is 5. The highest BCUT2D eigenvalue weighted by Crippen LogP contribution is 2.33. The number of thioether (sulfide) groups is 1. The summed E-state index contributed by atoms with van der Waals surface area (Å²) < 4.78 is 7.85. The Hall–Kier alpha value is -1.52. The smallest absolute Gasteiger partial charge is 0.151 e. The first kappa shape index (κ1) is 14.4. The summed E-state index contributed by atoms with van der Waals surface area (Å²) in [7, 11) is 0. The van der Waals surface area contributed by atoms with Gasteiger partial charge in [-0.1, -0.05) is 36.0 Å². The molecule has 0 saturated heterocycles. The summed E-state index contributed by atoms with van der Waals surface area (Å²) in [6.45, 7) is 4.84. The van der Waals surface area contributed by atoms with Crippen molar-refractivity contribution in [2.75, 3.05) is 6.61 Å². The van der Waals surface area contributed by atoms with Gasteiger partial charge in [0, 0.05) is 11.8 Å². The van der Waals surface area contributed by atoms with Gasteiger partial charge >= 0.3 is 0 Å². The van der Waals surface area contributed by atoms with Crippen molar-refractivity contribution < 1.29 is 4.74 Å². The first-order chi connectivity index (χ1) is 10.3. The molecular formula is C17H17NOS2. The van der Waals surface area contributed by atoms with Crippen molar-refractivity contribution in [1.82, 2.24) is 4.98 Å². The zero-order valence-corrected chi connectivity index (χ0v) is 13.8. The highest BCUT2D eigenvalue weighted by atomic mass is 32.2. The number of nitrogens with zero attached hydrogens (tertiary/aromatic N) is 1. The van der Waals surface area contributed by atoms with Crippen LogP contribution in [-0.4, -0.2) is 11.6 Å². The predicted molar refractivity (Wildman–Crippen MR) is 91.5 cm³/mol. The van der Waals surface area contributed by atoms with Crippen molar-refractivity contribution in [2.24, 2.45) is 0 Å². The molecule has 0 bridgehead atoms. The Bertz CT molecular complexity index is 751. The minimum absolute atomic E-state index is 0.685. The fourth-order valence-electron chi connectivity index (χ4n) is 2.12. The quantitative estimate of drug-likeness (QED) is 0.597. The lowest BCUT2D eigenvalue weighted by molar-refractivity contribution is 0.340. The van der Waals surface area contributed by atoms with Crippen LogP contribution in [-0.2, 0) is 5.75 Å². The van der Waals surface area contributed by atoms with Crippen LogP contribution >= 0.6 is 23.1 Å². The van der Waals surface area contributed by atoms with Crippen LogP contribution in [0.2, 0.25) is 0 Å². The summed E-state index contributed by atoms with van der Waals surface area (Å²) >= 11 is 3.54. The van der Waals surface area contributed by atoms with E-state index in [0.29, 0.717) is 6.61 Å². The normalized spacial score (nSPS) is 11.0. The van der Waals surface area contributed by atoms with Crippen molar-refractivity contribution in [3.63, 3.8) is 0 Å². The van der Waals surface area contributed by atoms with Crippen LogP contribution in [0.5, 0.6) is 5.75 Å². The Kier molecular flexibility index (Phi) is 4.46. The fourth-order valence-corrected chi connectivity index (χ4v) is 4.24. The van der Waals surface area contributed by atoms with E-state index in [1.54, 1.807) is 23.1 Å². The van der Waals surface area contributed by atoms with Crippen LogP contribution in [0.4, 0.5) is 0 Å². The summed E-state index contributed by atoms with van der Waals surface area (Å²) in [4.78, 5) is 4.70. The van der Waals surface area contributed by atoms with Crippen LogP contribution in [0.3, 0.4) is 0 Å². The molecule has 21 heavy (non-hydrogen) atoms. The summed E-state index contributed by atoms with van der Waals surface area (Å²) in [5, 5.41) is 0. The Balaban J connectivity index is 1.77. The second-order valence-corrected chi connectivity index (χ2v) is 7.01. The third-order valence-electron chi connectivity index (χ3n) is 3.26. The van der Waals surface area contributed by atoms with Crippen LogP contribution < -0.4 is 4.74 Å². The molecule has 0 unspecified atom stereocenters. The molecule has 0 fully saturated rings. The molecule has 0 aliphatic rings. The predicted octanol–water partition coefficient (Wildman–Crippen LogP) is 5.30. The number of ether oxygens (including phenoxy) is 1. The van der Waals surface area contributed by atoms with Gasteiger partial charge in [-0.15, -0.1) is 11.3 Å². The maximum atomic E-state index is 5.53. The highest BCUT2D eigenvalue weighted by molar-refractivity contribution is 8.00. The monoisotopic (exact) mass is 315 g/mol. The molecule has 3 aromatic rings. The van der Waals surface area contributed by atoms with Gasteiger partial charge < -0.3 is 4.74 Å². The van der Waals surface area contributed by atoms with Gasteiger partial charge in [-0.05, 0) is 37.1 Å². The molecule has 1 aromatic heterocycles. The lowest BCUT2D eigenvalue weighted by Gasteiger charge is -2.02. The van der Waals surface area contributed by atoms with Gasteiger partial charge in [0.25, 0.3) is 0 Å². The van der Waals surface area contributed by atoms with Crippen molar-refractivity contribution >= 4 is 33.3 Å². The third kappa shape index (κ3) is 3.39. The second kappa shape index (κ2) is 6.50. The van der Waals surface area contributed by atoms with Crippen molar-refractivity contribution in [3.05, 3.63) is 53.6 Å². The molecule has 0 aliphatic heterocycles. The number of thiazole rings is 1. The minimum atomic E-state index is 0.685. The number of aromatic nitrogens is 1. The number of hydrogen-bond donors (Lipinski definition) is 0. The number of fused-ring (bicyclic) bond motifs is 1. The molecule has 0 spiro atoms. The molecule has 3 rings (SSSR count). The lowest BCUT2D eigenvalue weighted by atomic mass is 10.1. The molecule has 0 radical (unpaired) electrons. The zero-order valence-electron chi connectivity index (χ0n) is 12.1. The van der Waals surface area contributed by atoms with Crippen molar-refractivity contribution in [1.29, 1.82) is 0 Å². The molecule has 1 heterocycles. The van der Waals surface area contributed by atoms with Gasteiger partial charge in [0.2, 0.25) is 0 Å². The summed E-state index contributed by atoms with van der Waals surface area (Å²) in [5.74, 6) is 1.86. The van der Waals surface area contributed by atoms with E-state index in [4.69, 9.17) is 9.72 Å². The van der Waals surface area contributed by atoms with E-state index in [2.05, 4.69) is 37.3 Å². The Labute approximate surface area is 133 Å². The topological polar surface area (TPSA) is 22.1 Å². The van der Waals surface area contributed by atoms with E-state index < -0.39 is 0 Å². The van der Waals surface area contributed by atoms with E-state index in [0.717, 1.165) is 21.4 Å². The maximum Gasteiger partial charge on any atom is 0.151 e. The van der Waals surface area contributed by atoms with E-state index >= 15 is 0 Å². The maximum absolute atomic E-state index is 5.53. The molecular weight excluding hydrogens is 298 g/mol. The van der Waals surface area contributed by atoms with Crippen molar-refractivity contribution in [2.45, 2.75) is 23.9 Å². The number of hydrogen-bond acceptors (Lipinski definition) is 4. The standard InChI is InChI=1S/C17H17NOS2/c1-3-19-14-8-9-16-15(10-14)18-17(21-16)20-11-13-7-5-4-6-12(13)2/h4-10H,3,11H2,1-2H3. The Morgan fingerprint density at radius 2 is 2.05 bits per heavy atom. The number of aryl methyl sites for hydroxylation is 1. The third-order valence-corrected chi connectivity index (χ3v) is 5.49. The number of benzene rings is 2. The van der Waals surface area contributed by atoms with Crippen LogP contribution in [0.15, 0.2) is 46.8 Å². The zero-order chi connectivity index (χ0) is 14.7. The Morgan fingerprint density at radius 1 is 1.19 bits per heavy atom. The molecule has 0 aliphatic carbocycles. The molecule has 0 atom stereocenters. The second-order valence-electron chi connectivity index (χ2n) is 4.76. The van der Waals surface area contributed by atoms with Gasteiger partial charge in [0.1, 0.15) is 5.75 Å². The van der Waals surface area contributed by atoms with E-state index in [9.17, 15) is 0 Å². The van der Waals surface area contributed by atoms with E-state index in [-0.39, 0.29) is 0 Å².